The second-order valence-corrected chi connectivity index (χ2v) is 5.74. The summed E-state index contributed by atoms with van der Waals surface area (Å²) in [6.45, 7) is 0. The van der Waals surface area contributed by atoms with Crippen molar-refractivity contribution in [1.29, 1.82) is 0 Å². The zero-order valence-corrected chi connectivity index (χ0v) is 12.8. The molecule has 0 spiro atoms. The molecule has 116 valence electrons. The Morgan fingerprint density at radius 3 is 2.57 bits per heavy atom. The average Bonchev–Trinajstić information content (AvgIpc) is 2.57. The molecule has 0 aliphatic carbocycles. The zero-order chi connectivity index (χ0) is 16.2. The summed E-state index contributed by atoms with van der Waals surface area (Å²) < 4.78 is 27.6. The Morgan fingerprint density at radius 2 is 1.83 bits per heavy atom. The molecular weight excluding hydrogens is 318 g/mol. The molecule has 0 fully saturated rings. The van der Waals surface area contributed by atoms with E-state index in [4.69, 9.17) is 0 Å². The molecule has 0 unspecified atom stereocenters. The molecule has 1 heterocycles. The smallest absolute Gasteiger partial charge is 0.280 e. The summed E-state index contributed by atoms with van der Waals surface area (Å²) in [6, 6.07) is 13.0. The number of aromatic nitrogens is 2. The van der Waals surface area contributed by atoms with Crippen molar-refractivity contribution in [3.05, 3.63) is 88.5 Å². The summed E-state index contributed by atoms with van der Waals surface area (Å²) in [5.41, 5.74) is 0.972. The van der Waals surface area contributed by atoms with E-state index in [2.05, 4.69) is 4.98 Å². The van der Waals surface area contributed by atoms with Crippen LogP contribution in [0.2, 0.25) is 0 Å². The highest BCUT2D eigenvalue weighted by Gasteiger charge is 2.10. The fourth-order valence-corrected chi connectivity index (χ4v) is 2.91. The Labute approximate surface area is 135 Å². The van der Waals surface area contributed by atoms with Crippen LogP contribution in [0.1, 0.15) is 5.56 Å². The van der Waals surface area contributed by atoms with Crippen LogP contribution < -0.4 is 5.56 Å². The standard InChI is InChI=1S/C17H12F2N2OS/c18-14-7-6-13(10-15(14)19)21-9-8-20-16(17(21)22)23-11-12-4-2-1-3-5-12/h1-10H,11H2. The van der Waals surface area contributed by atoms with Crippen LogP contribution in [0.15, 0.2) is 70.7 Å². The molecule has 0 N–H and O–H groups in total. The van der Waals surface area contributed by atoms with E-state index in [1.165, 1.54) is 34.8 Å². The van der Waals surface area contributed by atoms with Gasteiger partial charge < -0.3 is 0 Å². The summed E-state index contributed by atoms with van der Waals surface area (Å²) in [4.78, 5) is 16.5. The van der Waals surface area contributed by atoms with Crippen molar-refractivity contribution in [2.24, 2.45) is 0 Å². The average molecular weight is 330 g/mol. The van der Waals surface area contributed by atoms with Gasteiger partial charge >= 0.3 is 0 Å². The number of hydrogen-bond donors (Lipinski definition) is 0. The van der Waals surface area contributed by atoms with Crippen LogP contribution in [0.3, 0.4) is 0 Å². The van der Waals surface area contributed by atoms with Gasteiger partial charge in [0.2, 0.25) is 0 Å². The van der Waals surface area contributed by atoms with E-state index in [-0.39, 0.29) is 11.2 Å². The lowest BCUT2D eigenvalue weighted by Crippen LogP contribution is -2.20. The largest absolute Gasteiger partial charge is 0.287 e. The molecule has 0 radical (unpaired) electrons. The van der Waals surface area contributed by atoms with Crippen molar-refractivity contribution in [2.45, 2.75) is 10.8 Å². The van der Waals surface area contributed by atoms with Gasteiger partial charge in [0.25, 0.3) is 5.56 Å². The number of hydrogen-bond acceptors (Lipinski definition) is 3. The summed E-state index contributed by atoms with van der Waals surface area (Å²) in [5, 5.41) is 0.307. The van der Waals surface area contributed by atoms with Crippen molar-refractivity contribution in [1.82, 2.24) is 9.55 Å². The summed E-state index contributed by atoms with van der Waals surface area (Å²) >= 11 is 1.30. The van der Waals surface area contributed by atoms with Gasteiger partial charge in [-0.2, -0.15) is 0 Å². The van der Waals surface area contributed by atoms with Gasteiger partial charge in [-0.05, 0) is 17.7 Å². The molecule has 0 atom stereocenters. The van der Waals surface area contributed by atoms with E-state index in [9.17, 15) is 13.6 Å². The highest BCUT2D eigenvalue weighted by atomic mass is 32.2. The van der Waals surface area contributed by atoms with Crippen LogP contribution >= 0.6 is 11.8 Å². The third-order valence-electron chi connectivity index (χ3n) is 3.21. The van der Waals surface area contributed by atoms with Crippen molar-refractivity contribution >= 4 is 11.8 Å². The Kier molecular flexibility index (Phi) is 4.52. The van der Waals surface area contributed by atoms with E-state index in [0.29, 0.717) is 10.8 Å². The van der Waals surface area contributed by atoms with Gasteiger partial charge in [0.15, 0.2) is 16.7 Å². The predicted octanol–water partition coefficient (Wildman–Crippen LogP) is 3.80. The number of nitrogens with zero attached hydrogens (tertiary/aromatic N) is 2. The second-order valence-electron chi connectivity index (χ2n) is 4.78. The third-order valence-corrected chi connectivity index (χ3v) is 4.24. The first-order chi connectivity index (χ1) is 11.1. The van der Waals surface area contributed by atoms with Crippen molar-refractivity contribution < 1.29 is 8.78 Å². The number of benzene rings is 2. The molecule has 3 aromatic rings. The lowest BCUT2D eigenvalue weighted by molar-refractivity contribution is 0.507. The Bertz CT molecular complexity index is 881. The minimum Gasteiger partial charge on any atom is -0.280 e. The minimum absolute atomic E-state index is 0.262. The van der Waals surface area contributed by atoms with Gasteiger partial charge in [0.1, 0.15) is 0 Å². The van der Waals surface area contributed by atoms with Gasteiger partial charge in [-0.25, -0.2) is 13.8 Å². The SMILES string of the molecule is O=c1c(SCc2ccccc2)nccn1-c1ccc(F)c(F)c1. The van der Waals surface area contributed by atoms with Gasteiger partial charge in [-0.3, -0.25) is 9.36 Å². The molecule has 0 saturated carbocycles. The first kappa shape index (κ1) is 15.4. The van der Waals surface area contributed by atoms with Crippen molar-refractivity contribution in [2.75, 3.05) is 0 Å². The van der Waals surface area contributed by atoms with Crippen LogP contribution in [-0.4, -0.2) is 9.55 Å². The Morgan fingerprint density at radius 1 is 1.04 bits per heavy atom. The molecule has 1 aromatic heterocycles. The summed E-state index contributed by atoms with van der Waals surface area (Å²) in [7, 11) is 0. The van der Waals surface area contributed by atoms with Crippen LogP contribution in [0, 0.1) is 11.6 Å². The zero-order valence-electron chi connectivity index (χ0n) is 11.9. The van der Waals surface area contributed by atoms with Crippen LogP contribution in [0.25, 0.3) is 5.69 Å². The fourth-order valence-electron chi connectivity index (χ4n) is 2.06. The Balaban J connectivity index is 1.89. The number of thioether (sulfide) groups is 1. The quantitative estimate of drug-likeness (QED) is 0.683. The van der Waals surface area contributed by atoms with Crippen molar-refractivity contribution in [3.63, 3.8) is 0 Å². The van der Waals surface area contributed by atoms with Gasteiger partial charge in [0, 0.05) is 24.2 Å². The molecule has 0 amide bonds. The molecule has 23 heavy (non-hydrogen) atoms. The molecule has 3 nitrogen and oxygen atoms in total. The monoisotopic (exact) mass is 330 g/mol. The predicted molar refractivity (Wildman–Crippen MR) is 85.8 cm³/mol. The van der Waals surface area contributed by atoms with Crippen LogP contribution in [0.5, 0.6) is 0 Å². The molecule has 2 aromatic carbocycles. The van der Waals surface area contributed by atoms with Gasteiger partial charge in [-0.1, -0.05) is 42.1 Å². The Hall–Kier alpha value is -2.47. The first-order valence-corrected chi connectivity index (χ1v) is 7.83. The van der Waals surface area contributed by atoms with Crippen LogP contribution in [0.4, 0.5) is 8.78 Å². The lowest BCUT2D eigenvalue weighted by Gasteiger charge is -2.08. The fraction of sp³-hybridized carbons (Fsp3) is 0.0588. The molecule has 0 aliphatic rings. The maximum Gasteiger partial charge on any atom is 0.287 e. The highest BCUT2D eigenvalue weighted by Crippen LogP contribution is 2.18. The molecule has 3 rings (SSSR count). The van der Waals surface area contributed by atoms with E-state index in [0.717, 1.165) is 17.7 Å². The number of rotatable bonds is 4. The maximum atomic E-state index is 13.4. The normalized spacial score (nSPS) is 10.7. The van der Waals surface area contributed by atoms with Crippen molar-refractivity contribution in [3.8, 4) is 5.69 Å². The van der Waals surface area contributed by atoms with Crippen LogP contribution in [-0.2, 0) is 5.75 Å². The van der Waals surface area contributed by atoms with E-state index < -0.39 is 11.6 Å². The maximum absolute atomic E-state index is 13.4. The summed E-state index contributed by atoms with van der Waals surface area (Å²) in [5.74, 6) is -1.34. The van der Waals surface area contributed by atoms with E-state index >= 15 is 0 Å². The third kappa shape index (κ3) is 3.48. The highest BCUT2D eigenvalue weighted by molar-refractivity contribution is 7.98. The summed E-state index contributed by atoms with van der Waals surface area (Å²) in [6.07, 6.45) is 2.90. The van der Waals surface area contributed by atoms with E-state index in [1.54, 1.807) is 0 Å². The van der Waals surface area contributed by atoms with Gasteiger partial charge in [-0.15, -0.1) is 0 Å². The molecule has 0 bridgehead atoms. The van der Waals surface area contributed by atoms with E-state index in [1.807, 2.05) is 30.3 Å². The first-order valence-electron chi connectivity index (χ1n) is 6.85. The second kappa shape index (κ2) is 6.75. The lowest BCUT2D eigenvalue weighted by atomic mass is 10.2. The molecule has 0 aliphatic heterocycles. The van der Waals surface area contributed by atoms with Gasteiger partial charge in [0.05, 0.1) is 5.69 Å². The topological polar surface area (TPSA) is 34.9 Å². The minimum atomic E-state index is -0.996. The molecule has 6 heteroatoms. The molecular formula is C17H12F2N2OS. The number of halogens is 2. The molecule has 0 saturated heterocycles.